The molecule has 0 radical (unpaired) electrons. The van der Waals surface area contributed by atoms with E-state index in [1.165, 1.54) is 0 Å². The number of pyridine rings is 1. The van der Waals surface area contributed by atoms with E-state index < -0.39 is 0 Å². The minimum Gasteiger partial charge on any atom is -0.348 e. The van der Waals surface area contributed by atoms with Crippen molar-refractivity contribution in [2.45, 2.75) is 18.9 Å². The van der Waals surface area contributed by atoms with E-state index in [4.69, 9.17) is 16.0 Å². The first-order chi connectivity index (χ1) is 14.6. The van der Waals surface area contributed by atoms with Gasteiger partial charge < -0.3 is 10.6 Å². The molecule has 5 rings (SSSR count). The van der Waals surface area contributed by atoms with Gasteiger partial charge in [-0.2, -0.15) is 10.4 Å². The average Bonchev–Trinajstić information content (AvgIpc) is 3.38. The molecule has 8 heteroatoms. The summed E-state index contributed by atoms with van der Waals surface area (Å²) < 4.78 is 1.77. The molecule has 1 aliphatic rings. The number of rotatable bonds is 3. The third-order valence-electron chi connectivity index (χ3n) is 5.55. The zero-order valence-corrected chi connectivity index (χ0v) is 17.4. The molecule has 4 heterocycles. The van der Waals surface area contributed by atoms with Gasteiger partial charge in [0.1, 0.15) is 0 Å². The number of hydrogen-bond donors (Lipinski definition) is 1. The Kier molecular flexibility index (Phi) is 4.69. The molecule has 1 fully saturated rings. The molecule has 0 atom stereocenters. The molecule has 30 heavy (non-hydrogen) atoms. The van der Waals surface area contributed by atoms with E-state index in [0.29, 0.717) is 5.56 Å². The molecule has 0 aliphatic carbocycles. The molecule has 7 nitrogen and oxygen atoms in total. The first kappa shape index (κ1) is 18.7. The Balaban J connectivity index is 1.62. The van der Waals surface area contributed by atoms with E-state index in [1.54, 1.807) is 16.0 Å². The average molecular weight is 416 g/mol. The van der Waals surface area contributed by atoms with Gasteiger partial charge in [0.05, 0.1) is 28.4 Å². The number of aromatic nitrogens is 4. The molecule has 0 unspecified atom stereocenters. The normalized spacial score (nSPS) is 14.9. The summed E-state index contributed by atoms with van der Waals surface area (Å²) in [5.74, 6) is 0. The fraction of sp³-hybridized carbons (Fsp3) is 0.273. The van der Waals surface area contributed by atoms with Crippen LogP contribution in [0.25, 0.3) is 32.7 Å². The van der Waals surface area contributed by atoms with Crippen LogP contribution in [0.15, 0.2) is 42.7 Å². The highest BCUT2D eigenvalue weighted by molar-refractivity contribution is 7.19. The van der Waals surface area contributed by atoms with Crippen LogP contribution in [0.3, 0.4) is 0 Å². The van der Waals surface area contributed by atoms with Crippen molar-refractivity contribution in [2.75, 3.05) is 18.0 Å². The molecular weight excluding hydrogens is 394 g/mol. The summed E-state index contributed by atoms with van der Waals surface area (Å²) in [7, 11) is 1.89. The van der Waals surface area contributed by atoms with Gasteiger partial charge in [0, 0.05) is 48.9 Å². The Morgan fingerprint density at radius 3 is 2.63 bits per heavy atom. The number of hydrogen-bond acceptors (Lipinski definition) is 7. The van der Waals surface area contributed by atoms with Crippen LogP contribution in [-0.2, 0) is 7.05 Å². The Morgan fingerprint density at radius 2 is 1.90 bits per heavy atom. The van der Waals surface area contributed by atoms with Gasteiger partial charge in [0.15, 0.2) is 10.8 Å². The molecule has 150 valence electrons. The van der Waals surface area contributed by atoms with E-state index in [2.05, 4.69) is 27.1 Å². The number of nitrogens with zero attached hydrogens (tertiary/aromatic N) is 6. The van der Waals surface area contributed by atoms with Crippen LogP contribution >= 0.6 is 11.3 Å². The van der Waals surface area contributed by atoms with E-state index in [9.17, 15) is 0 Å². The van der Waals surface area contributed by atoms with Crippen LogP contribution in [0.1, 0.15) is 18.4 Å². The largest absolute Gasteiger partial charge is 0.348 e. The lowest BCUT2D eigenvalue weighted by Gasteiger charge is -2.29. The predicted molar refractivity (Wildman–Crippen MR) is 119 cm³/mol. The van der Waals surface area contributed by atoms with Gasteiger partial charge in [-0.05, 0) is 31.0 Å². The van der Waals surface area contributed by atoms with Crippen LogP contribution in [-0.4, -0.2) is 38.9 Å². The summed E-state index contributed by atoms with van der Waals surface area (Å²) in [5, 5.41) is 15.4. The van der Waals surface area contributed by atoms with Gasteiger partial charge in [-0.25, -0.2) is 9.97 Å². The van der Waals surface area contributed by atoms with E-state index >= 15 is 0 Å². The van der Waals surface area contributed by atoms with Gasteiger partial charge >= 0.3 is 0 Å². The number of aryl methyl sites for hydroxylation is 1. The molecule has 1 aromatic carbocycles. The summed E-state index contributed by atoms with van der Waals surface area (Å²) in [6, 6.07) is 12.2. The summed E-state index contributed by atoms with van der Waals surface area (Å²) in [5.41, 5.74) is 10.5. The molecule has 0 saturated carbocycles. The van der Waals surface area contributed by atoms with Crippen LogP contribution in [0.5, 0.6) is 0 Å². The second-order valence-corrected chi connectivity index (χ2v) is 8.57. The first-order valence-corrected chi connectivity index (χ1v) is 10.7. The molecule has 1 saturated heterocycles. The van der Waals surface area contributed by atoms with Crippen LogP contribution in [0, 0.1) is 11.3 Å². The quantitative estimate of drug-likeness (QED) is 0.550. The Bertz CT molecular complexity index is 1240. The molecule has 4 aromatic rings. The summed E-state index contributed by atoms with van der Waals surface area (Å²) in [6.07, 6.45) is 5.68. The van der Waals surface area contributed by atoms with E-state index in [1.807, 2.05) is 43.7 Å². The van der Waals surface area contributed by atoms with Crippen LogP contribution in [0.4, 0.5) is 5.13 Å². The lowest BCUT2D eigenvalue weighted by Crippen LogP contribution is -2.39. The number of piperidine rings is 1. The monoisotopic (exact) mass is 415 g/mol. The van der Waals surface area contributed by atoms with Crippen LogP contribution < -0.4 is 10.6 Å². The highest BCUT2D eigenvalue weighted by Crippen LogP contribution is 2.41. The second-order valence-electron chi connectivity index (χ2n) is 7.59. The lowest BCUT2D eigenvalue weighted by atomic mass is 10.1. The molecule has 1 aliphatic heterocycles. The second kappa shape index (κ2) is 7.52. The molecule has 0 amide bonds. The fourth-order valence-corrected chi connectivity index (χ4v) is 4.92. The van der Waals surface area contributed by atoms with Gasteiger partial charge in [-0.1, -0.05) is 23.5 Å². The van der Waals surface area contributed by atoms with Crippen molar-refractivity contribution in [3.05, 3.63) is 48.3 Å². The first-order valence-electron chi connectivity index (χ1n) is 9.92. The maximum absolute atomic E-state index is 9.13. The zero-order chi connectivity index (χ0) is 20.7. The van der Waals surface area contributed by atoms with Gasteiger partial charge in [0.2, 0.25) is 0 Å². The topological polar surface area (TPSA) is 96.6 Å². The van der Waals surface area contributed by atoms with Gasteiger partial charge in [-0.3, -0.25) is 4.68 Å². The van der Waals surface area contributed by atoms with Crippen LogP contribution in [0.2, 0.25) is 0 Å². The summed E-state index contributed by atoms with van der Waals surface area (Å²) in [4.78, 5) is 13.0. The van der Waals surface area contributed by atoms with Crippen molar-refractivity contribution in [3.63, 3.8) is 0 Å². The minimum absolute atomic E-state index is 0.274. The number of anilines is 1. The molecule has 0 spiro atoms. The Labute approximate surface area is 178 Å². The predicted octanol–water partition coefficient (Wildman–Crippen LogP) is 3.56. The smallest absolute Gasteiger partial charge is 0.186 e. The third-order valence-corrected chi connectivity index (χ3v) is 6.71. The maximum Gasteiger partial charge on any atom is 0.186 e. The summed E-state index contributed by atoms with van der Waals surface area (Å²) in [6.45, 7) is 1.83. The number of thiazole rings is 1. The van der Waals surface area contributed by atoms with Crippen molar-refractivity contribution in [2.24, 2.45) is 12.8 Å². The molecule has 2 N–H and O–H groups in total. The molecule has 0 bridgehead atoms. The maximum atomic E-state index is 9.13. The Morgan fingerprint density at radius 1 is 1.13 bits per heavy atom. The van der Waals surface area contributed by atoms with Gasteiger partial charge in [0.25, 0.3) is 0 Å². The van der Waals surface area contributed by atoms with E-state index in [0.717, 1.165) is 63.8 Å². The van der Waals surface area contributed by atoms with E-state index in [-0.39, 0.29) is 6.04 Å². The Hall–Kier alpha value is -3.28. The van der Waals surface area contributed by atoms with Crippen molar-refractivity contribution in [1.82, 2.24) is 19.7 Å². The minimum atomic E-state index is 0.274. The number of nitrogens with two attached hydrogens (primary N) is 1. The zero-order valence-electron chi connectivity index (χ0n) is 16.6. The van der Waals surface area contributed by atoms with Crippen molar-refractivity contribution in [1.29, 1.82) is 5.26 Å². The third kappa shape index (κ3) is 3.32. The van der Waals surface area contributed by atoms with Gasteiger partial charge in [-0.15, -0.1) is 0 Å². The fourth-order valence-electron chi connectivity index (χ4n) is 3.80. The van der Waals surface area contributed by atoms with Crippen molar-refractivity contribution < 1.29 is 0 Å². The SMILES string of the molecule is Cn1ncc2cc(-c3sc(N4CCC(N)CC4)nc3-c3ccc(C#N)cc3)cnc21. The molecule has 3 aromatic heterocycles. The number of benzene rings is 1. The number of nitriles is 1. The summed E-state index contributed by atoms with van der Waals surface area (Å²) >= 11 is 1.68. The lowest BCUT2D eigenvalue weighted by molar-refractivity contribution is 0.501. The highest BCUT2D eigenvalue weighted by atomic mass is 32.1. The molecular formula is C22H21N7S. The number of fused-ring (bicyclic) bond motifs is 1. The van der Waals surface area contributed by atoms with Crippen molar-refractivity contribution >= 4 is 27.5 Å². The highest BCUT2D eigenvalue weighted by Gasteiger charge is 2.23. The van der Waals surface area contributed by atoms with Crippen molar-refractivity contribution in [3.8, 4) is 27.8 Å². The standard InChI is InChI=1S/C22H21N7S/c1-28-21-17(13-26-28)10-16(12-25-21)20-19(15-4-2-14(11-23)3-5-15)27-22(30-20)29-8-6-18(24)7-9-29/h2-5,10,12-13,18H,6-9,24H2,1H3.